The van der Waals surface area contributed by atoms with Crippen LogP contribution in [0.15, 0.2) is 0 Å². The van der Waals surface area contributed by atoms with E-state index < -0.39 is 0 Å². The lowest BCUT2D eigenvalue weighted by atomic mass is 9.83. The summed E-state index contributed by atoms with van der Waals surface area (Å²) >= 11 is 0. The van der Waals surface area contributed by atoms with E-state index in [2.05, 4.69) is 12.2 Å². The van der Waals surface area contributed by atoms with Gasteiger partial charge in [-0.05, 0) is 30.6 Å². The monoisotopic (exact) mass is 226 g/mol. The van der Waals surface area contributed by atoms with Gasteiger partial charge in [0.15, 0.2) is 0 Å². The molecule has 0 unspecified atom stereocenters. The summed E-state index contributed by atoms with van der Waals surface area (Å²) in [7, 11) is 0. The van der Waals surface area contributed by atoms with E-state index in [-0.39, 0.29) is 17.9 Å². The summed E-state index contributed by atoms with van der Waals surface area (Å²) in [6, 6.07) is -0.365. The molecule has 1 aliphatic rings. The van der Waals surface area contributed by atoms with Crippen molar-refractivity contribution in [3.63, 3.8) is 0 Å². The topological polar surface area (TPSA) is 55.1 Å². The summed E-state index contributed by atoms with van der Waals surface area (Å²) in [4.78, 5) is 11.8. The molecule has 0 spiro atoms. The van der Waals surface area contributed by atoms with Crippen molar-refractivity contribution in [2.75, 3.05) is 6.54 Å². The zero-order chi connectivity index (χ0) is 12.2. The van der Waals surface area contributed by atoms with Crippen molar-refractivity contribution in [1.29, 1.82) is 0 Å². The average Bonchev–Trinajstić information content (AvgIpc) is 2.74. The Kier molecular flexibility index (Phi) is 4.78. The van der Waals surface area contributed by atoms with Crippen LogP contribution in [-0.4, -0.2) is 18.5 Å². The molecule has 0 aromatic rings. The standard InChI is InChI=1S/C13H26N2O/c1-4-13(7-5-6-8-13)9-15-12(16)11(14)10(2)3/h10-11H,4-9,14H2,1-3H3,(H,15,16)/t11-/m1/s1. The minimum absolute atomic E-state index is 0.00900. The number of nitrogens with one attached hydrogen (secondary N) is 1. The zero-order valence-electron chi connectivity index (χ0n) is 10.9. The van der Waals surface area contributed by atoms with Gasteiger partial charge in [0.05, 0.1) is 6.04 Å². The maximum Gasteiger partial charge on any atom is 0.237 e. The summed E-state index contributed by atoms with van der Waals surface area (Å²) in [5, 5.41) is 3.03. The molecule has 1 fully saturated rings. The lowest BCUT2D eigenvalue weighted by molar-refractivity contribution is -0.123. The maximum absolute atomic E-state index is 11.8. The van der Waals surface area contributed by atoms with E-state index in [0.717, 1.165) is 13.0 Å². The Bertz CT molecular complexity index is 232. The lowest BCUT2D eigenvalue weighted by Gasteiger charge is -2.28. The highest BCUT2D eigenvalue weighted by molar-refractivity contribution is 5.81. The molecule has 3 heteroatoms. The lowest BCUT2D eigenvalue weighted by Crippen LogP contribution is -2.47. The first kappa shape index (κ1) is 13.5. The summed E-state index contributed by atoms with van der Waals surface area (Å²) in [5.41, 5.74) is 6.17. The van der Waals surface area contributed by atoms with Gasteiger partial charge in [-0.2, -0.15) is 0 Å². The molecule has 3 N–H and O–H groups in total. The van der Waals surface area contributed by atoms with E-state index in [9.17, 15) is 4.79 Å². The van der Waals surface area contributed by atoms with Crippen LogP contribution >= 0.6 is 0 Å². The highest BCUT2D eigenvalue weighted by atomic mass is 16.2. The van der Waals surface area contributed by atoms with Crippen molar-refractivity contribution < 1.29 is 4.79 Å². The van der Waals surface area contributed by atoms with E-state index in [1.54, 1.807) is 0 Å². The van der Waals surface area contributed by atoms with Gasteiger partial charge >= 0.3 is 0 Å². The third-order valence-electron chi connectivity index (χ3n) is 4.07. The number of hydrogen-bond donors (Lipinski definition) is 2. The summed E-state index contributed by atoms with van der Waals surface area (Å²) in [6.45, 7) is 6.99. The minimum Gasteiger partial charge on any atom is -0.354 e. The van der Waals surface area contributed by atoms with Crippen molar-refractivity contribution in [1.82, 2.24) is 5.32 Å². The molecular weight excluding hydrogens is 200 g/mol. The maximum atomic E-state index is 11.8. The van der Waals surface area contributed by atoms with Gasteiger partial charge in [0.1, 0.15) is 0 Å². The smallest absolute Gasteiger partial charge is 0.237 e. The largest absolute Gasteiger partial charge is 0.354 e. The van der Waals surface area contributed by atoms with Crippen LogP contribution in [0.5, 0.6) is 0 Å². The average molecular weight is 226 g/mol. The Hall–Kier alpha value is -0.570. The van der Waals surface area contributed by atoms with Crippen LogP contribution in [0, 0.1) is 11.3 Å². The van der Waals surface area contributed by atoms with Crippen LogP contribution in [-0.2, 0) is 4.79 Å². The first-order valence-corrected chi connectivity index (χ1v) is 6.54. The minimum atomic E-state index is -0.365. The molecule has 0 aromatic carbocycles. The second-order valence-electron chi connectivity index (χ2n) is 5.55. The SMILES string of the molecule is CCC1(CNC(=O)[C@H](N)C(C)C)CCCC1. The molecule has 0 saturated heterocycles. The highest BCUT2D eigenvalue weighted by Crippen LogP contribution is 2.40. The van der Waals surface area contributed by atoms with Gasteiger partial charge in [0, 0.05) is 6.54 Å². The summed E-state index contributed by atoms with van der Waals surface area (Å²) in [6.07, 6.45) is 6.27. The number of hydrogen-bond acceptors (Lipinski definition) is 2. The molecule has 94 valence electrons. The van der Waals surface area contributed by atoms with Crippen LogP contribution in [0.2, 0.25) is 0 Å². The fourth-order valence-electron chi connectivity index (χ4n) is 2.48. The molecule has 0 aromatic heterocycles. The third-order valence-corrected chi connectivity index (χ3v) is 4.07. The van der Waals surface area contributed by atoms with Gasteiger partial charge in [0.2, 0.25) is 5.91 Å². The van der Waals surface area contributed by atoms with Gasteiger partial charge in [-0.1, -0.05) is 33.6 Å². The Morgan fingerprint density at radius 3 is 2.38 bits per heavy atom. The summed E-state index contributed by atoms with van der Waals surface area (Å²) in [5.74, 6) is 0.218. The van der Waals surface area contributed by atoms with E-state index >= 15 is 0 Å². The predicted molar refractivity (Wildman–Crippen MR) is 67.0 cm³/mol. The number of rotatable bonds is 5. The summed E-state index contributed by atoms with van der Waals surface area (Å²) < 4.78 is 0. The molecule has 1 atom stereocenters. The molecular formula is C13H26N2O. The molecule has 3 nitrogen and oxygen atoms in total. The number of nitrogens with two attached hydrogens (primary N) is 1. The second kappa shape index (κ2) is 5.67. The Morgan fingerprint density at radius 2 is 1.94 bits per heavy atom. The van der Waals surface area contributed by atoms with Crippen molar-refractivity contribution in [3.05, 3.63) is 0 Å². The second-order valence-corrected chi connectivity index (χ2v) is 5.55. The quantitative estimate of drug-likeness (QED) is 0.754. The molecule has 0 aliphatic heterocycles. The van der Waals surface area contributed by atoms with Crippen molar-refractivity contribution in [2.24, 2.45) is 17.1 Å². The predicted octanol–water partition coefficient (Wildman–Crippen LogP) is 2.06. The van der Waals surface area contributed by atoms with E-state index in [0.29, 0.717) is 5.41 Å². The third kappa shape index (κ3) is 3.21. The van der Waals surface area contributed by atoms with Crippen LogP contribution in [0.4, 0.5) is 0 Å². The molecule has 1 aliphatic carbocycles. The molecule has 16 heavy (non-hydrogen) atoms. The van der Waals surface area contributed by atoms with Crippen molar-refractivity contribution in [3.8, 4) is 0 Å². The van der Waals surface area contributed by atoms with E-state index in [4.69, 9.17) is 5.73 Å². The Balaban J connectivity index is 2.41. The number of amides is 1. The van der Waals surface area contributed by atoms with Gasteiger partial charge in [-0.15, -0.1) is 0 Å². The fraction of sp³-hybridized carbons (Fsp3) is 0.923. The molecule has 0 heterocycles. The van der Waals surface area contributed by atoms with E-state index in [1.807, 2.05) is 13.8 Å². The molecule has 1 amide bonds. The van der Waals surface area contributed by atoms with E-state index in [1.165, 1.54) is 25.7 Å². The molecule has 1 saturated carbocycles. The van der Waals surface area contributed by atoms with Crippen molar-refractivity contribution in [2.45, 2.75) is 58.9 Å². The van der Waals surface area contributed by atoms with Gasteiger partial charge in [0.25, 0.3) is 0 Å². The Labute approximate surface area is 99.2 Å². The number of carbonyl (C=O) groups excluding carboxylic acids is 1. The highest BCUT2D eigenvalue weighted by Gasteiger charge is 2.32. The van der Waals surface area contributed by atoms with Gasteiger partial charge < -0.3 is 11.1 Å². The Morgan fingerprint density at radius 1 is 1.38 bits per heavy atom. The van der Waals surface area contributed by atoms with Crippen LogP contribution in [0.3, 0.4) is 0 Å². The normalized spacial score (nSPS) is 21.1. The van der Waals surface area contributed by atoms with Gasteiger partial charge in [-0.3, -0.25) is 4.79 Å². The van der Waals surface area contributed by atoms with Crippen LogP contribution in [0.25, 0.3) is 0 Å². The zero-order valence-corrected chi connectivity index (χ0v) is 10.9. The number of carbonyl (C=O) groups is 1. The molecule has 0 bridgehead atoms. The fourth-order valence-corrected chi connectivity index (χ4v) is 2.48. The molecule has 1 rings (SSSR count). The van der Waals surface area contributed by atoms with Crippen LogP contribution < -0.4 is 11.1 Å². The molecule has 0 radical (unpaired) electrons. The first-order valence-electron chi connectivity index (χ1n) is 6.54. The van der Waals surface area contributed by atoms with Crippen molar-refractivity contribution >= 4 is 5.91 Å². The van der Waals surface area contributed by atoms with Gasteiger partial charge in [-0.25, -0.2) is 0 Å². The van der Waals surface area contributed by atoms with Crippen LogP contribution in [0.1, 0.15) is 52.9 Å². The first-order chi connectivity index (χ1) is 7.51.